The van der Waals surface area contributed by atoms with E-state index in [9.17, 15) is 5.11 Å². The minimum Gasteiger partial charge on any atom is -0.493 e. The van der Waals surface area contributed by atoms with E-state index in [1.807, 2.05) is 36.4 Å². The van der Waals surface area contributed by atoms with Crippen LogP contribution in [0.3, 0.4) is 0 Å². The average molecular weight is 395 g/mol. The first-order valence-electron chi connectivity index (χ1n) is 9.58. The van der Waals surface area contributed by atoms with Crippen LogP contribution in [0.4, 0.5) is 5.82 Å². The van der Waals surface area contributed by atoms with Crippen molar-refractivity contribution in [1.29, 1.82) is 0 Å². The zero-order chi connectivity index (χ0) is 20.4. The minimum atomic E-state index is -0.825. The van der Waals surface area contributed by atoms with Gasteiger partial charge < -0.3 is 24.2 Å². The SMILES string of the molecule is COc1cc2c(N3CCC(O)(c4ccccc4)CC3)nncc2c(OC)c1OC. The van der Waals surface area contributed by atoms with Gasteiger partial charge in [0.15, 0.2) is 17.3 Å². The van der Waals surface area contributed by atoms with Gasteiger partial charge in [-0.3, -0.25) is 0 Å². The number of benzene rings is 2. The number of fused-ring (bicyclic) bond motifs is 1. The molecule has 1 fully saturated rings. The first-order chi connectivity index (χ1) is 14.1. The van der Waals surface area contributed by atoms with E-state index in [1.54, 1.807) is 27.5 Å². The van der Waals surface area contributed by atoms with Gasteiger partial charge >= 0.3 is 0 Å². The smallest absolute Gasteiger partial charge is 0.204 e. The summed E-state index contributed by atoms with van der Waals surface area (Å²) in [5.74, 6) is 2.41. The molecule has 1 aromatic heterocycles. The standard InChI is InChI=1S/C22H25N3O4/c1-27-18-13-16-17(19(28-2)20(18)29-3)14-23-24-21(16)25-11-9-22(26,10-12-25)15-7-5-4-6-8-15/h4-8,13-14,26H,9-12H2,1-3H3. The van der Waals surface area contributed by atoms with Crippen molar-refractivity contribution in [3.63, 3.8) is 0 Å². The maximum atomic E-state index is 11.1. The Kier molecular flexibility index (Phi) is 5.15. The van der Waals surface area contributed by atoms with E-state index in [4.69, 9.17) is 14.2 Å². The number of aliphatic hydroxyl groups is 1. The molecule has 1 aliphatic rings. The number of nitrogens with zero attached hydrogens (tertiary/aromatic N) is 3. The Morgan fingerprint density at radius 2 is 1.62 bits per heavy atom. The molecule has 1 saturated heterocycles. The van der Waals surface area contributed by atoms with Crippen molar-refractivity contribution in [3.05, 3.63) is 48.2 Å². The number of ether oxygens (including phenoxy) is 3. The van der Waals surface area contributed by atoms with Crippen LogP contribution in [0.5, 0.6) is 17.2 Å². The lowest BCUT2D eigenvalue weighted by molar-refractivity contribution is 0.0117. The fourth-order valence-corrected chi connectivity index (χ4v) is 4.05. The molecule has 0 bridgehead atoms. The number of hydrogen-bond acceptors (Lipinski definition) is 7. The van der Waals surface area contributed by atoms with Gasteiger partial charge in [0.25, 0.3) is 0 Å². The lowest BCUT2D eigenvalue weighted by atomic mass is 9.84. The number of methoxy groups -OCH3 is 3. The molecule has 29 heavy (non-hydrogen) atoms. The fraction of sp³-hybridized carbons (Fsp3) is 0.364. The molecule has 2 heterocycles. The first kappa shape index (κ1) is 19.3. The third-order valence-electron chi connectivity index (χ3n) is 5.65. The zero-order valence-electron chi connectivity index (χ0n) is 16.9. The predicted octanol–water partition coefficient (Wildman–Crippen LogP) is 3.14. The molecule has 7 heteroatoms. The Balaban J connectivity index is 1.70. The highest BCUT2D eigenvalue weighted by Gasteiger charge is 2.35. The van der Waals surface area contributed by atoms with Crippen LogP contribution in [0, 0.1) is 0 Å². The predicted molar refractivity (Wildman–Crippen MR) is 111 cm³/mol. The van der Waals surface area contributed by atoms with Crippen molar-refractivity contribution in [2.24, 2.45) is 0 Å². The Morgan fingerprint density at radius 3 is 2.24 bits per heavy atom. The Hall–Kier alpha value is -3.06. The maximum absolute atomic E-state index is 11.1. The first-order valence-corrected chi connectivity index (χ1v) is 9.58. The molecule has 4 rings (SSSR count). The topological polar surface area (TPSA) is 76.9 Å². The summed E-state index contributed by atoms with van der Waals surface area (Å²) < 4.78 is 16.6. The van der Waals surface area contributed by atoms with Gasteiger partial charge in [-0.05, 0) is 24.5 Å². The second-order valence-corrected chi connectivity index (χ2v) is 7.16. The molecular formula is C22H25N3O4. The highest BCUT2D eigenvalue weighted by Crippen LogP contribution is 2.45. The van der Waals surface area contributed by atoms with Gasteiger partial charge in [-0.2, -0.15) is 5.10 Å². The van der Waals surface area contributed by atoms with Crippen LogP contribution in [0.1, 0.15) is 18.4 Å². The summed E-state index contributed by atoms with van der Waals surface area (Å²) in [5, 5.41) is 21.4. The van der Waals surface area contributed by atoms with Gasteiger partial charge in [0, 0.05) is 18.5 Å². The van der Waals surface area contributed by atoms with Crippen LogP contribution >= 0.6 is 0 Å². The minimum absolute atomic E-state index is 0.526. The third kappa shape index (κ3) is 3.31. The van der Waals surface area contributed by atoms with Crippen molar-refractivity contribution in [1.82, 2.24) is 10.2 Å². The molecule has 0 atom stereocenters. The summed E-state index contributed by atoms with van der Waals surface area (Å²) in [6.45, 7) is 1.33. The number of hydrogen-bond donors (Lipinski definition) is 1. The fourth-order valence-electron chi connectivity index (χ4n) is 4.05. The summed E-state index contributed by atoms with van der Waals surface area (Å²) in [6.07, 6.45) is 2.89. The maximum Gasteiger partial charge on any atom is 0.204 e. The molecule has 0 aliphatic carbocycles. The van der Waals surface area contributed by atoms with E-state index in [0.29, 0.717) is 43.2 Å². The van der Waals surface area contributed by atoms with Gasteiger partial charge in [-0.1, -0.05) is 30.3 Å². The molecule has 3 aromatic rings. The van der Waals surface area contributed by atoms with E-state index < -0.39 is 5.60 Å². The quantitative estimate of drug-likeness (QED) is 0.711. The molecule has 0 unspecified atom stereocenters. The monoisotopic (exact) mass is 395 g/mol. The normalized spacial score (nSPS) is 15.9. The zero-order valence-corrected chi connectivity index (χ0v) is 16.9. The molecule has 2 aromatic carbocycles. The van der Waals surface area contributed by atoms with Gasteiger partial charge in [0.2, 0.25) is 5.75 Å². The summed E-state index contributed by atoms with van der Waals surface area (Å²) in [4.78, 5) is 2.15. The van der Waals surface area contributed by atoms with Gasteiger partial charge in [-0.25, -0.2) is 0 Å². The van der Waals surface area contributed by atoms with Crippen molar-refractivity contribution in [2.45, 2.75) is 18.4 Å². The average Bonchev–Trinajstić information content (AvgIpc) is 2.78. The van der Waals surface area contributed by atoms with E-state index >= 15 is 0 Å². The third-order valence-corrected chi connectivity index (χ3v) is 5.65. The van der Waals surface area contributed by atoms with Crippen LogP contribution in [-0.4, -0.2) is 49.7 Å². The largest absolute Gasteiger partial charge is 0.493 e. The molecule has 0 amide bonds. The Morgan fingerprint density at radius 1 is 0.931 bits per heavy atom. The van der Waals surface area contributed by atoms with Gasteiger partial charge in [-0.15, -0.1) is 5.10 Å². The van der Waals surface area contributed by atoms with Crippen molar-refractivity contribution in [3.8, 4) is 17.2 Å². The van der Waals surface area contributed by atoms with E-state index in [-0.39, 0.29) is 0 Å². The summed E-state index contributed by atoms with van der Waals surface area (Å²) >= 11 is 0. The molecule has 1 N–H and O–H groups in total. The molecule has 0 radical (unpaired) electrons. The Bertz CT molecular complexity index is 1000. The second-order valence-electron chi connectivity index (χ2n) is 7.16. The molecule has 152 valence electrons. The molecular weight excluding hydrogens is 370 g/mol. The van der Waals surface area contributed by atoms with Gasteiger partial charge in [0.05, 0.1) is 38.5 Å². The van der Waals surface area contributed by atoms with Crippen LogP contribution in [-0.2, 0) is 5.60 Å². The number of anilines is 1. The number of aromatic nitrogens is 2. The summed E-state index contributed by atoms with van der Waals surface area (Å²) in [7, 11) is 4.77. The number of piperidine rings is 1. The van der Waals surface area contributed by atoms with E-state index in [0.717, 1.165) is 22.2 Å². The molecule has 0 saturated carbocycles. The van der Waals surface area contributed by atoms with Crippen LogP contribution in [0.2, 0.25) is 0 Å². The Labute approximate surface area is 169 Å². The summed E-state index contributed by atoms with van der Waals surface area (Å²) in [5.41, 5.74) is 0.130. The highest BCUT2D eigenvalue weighted by atomic mass is 16.5. The van der Waals surface area contributed by atoms with E-state index in [1.165, 1.54) is 0 Å². The molecule has 1 aliphatic heterocycles. The lowest BCUT2D eigenvalue weighted by Gasteiger charge is -2.39. The second kappa shape index (κ2) is 7.75. The van der Waals surface area contributed by atoms with Crippen LogP contribution in [0.25, 0.3) is 10.8 Å². The lowest BCUT2D eigenvalue weighted by Crippen LogP contribution is -2.43. The van der Waals surface area contributed by atoms with Crippen molar-refractivity contribution in [2.75, 3.05) is 39.3 Å². The highest BCUT2D eigenvalue weighted by molar-refractivity contribution is 5.99. The molecule has 7 nitrogen and oxygen atoms in total. The van der Waals surface area contributed by atoms with Crippen LogP contribution in [0.15, 0.2) is 42.6 Å². The van der Waals surface area contributed by atoms with Crippen molar-refractivity contribution >= 4 is 16.6 Å². The summed E-state index contributed by atoms with van der Waals surface area (Å²) in [6, 6.07) is 11.7. The number of rotatable bonds is 5. The van der Waals surface area contributed by atoms with Crippen molar-refractivity contribution < 1.29 is 19.3 Å². The van der Waals surface area contributed by atoms with E-state index in [2.05, 4.69) is 15.1 Å². The molecule has 0 spiro atoms. The van der Waals surface area contributed by atoms with Crippen LogP contribution < -0.4 is 19.1 Å². The van der Waals surface area contributed by atoms with Gasteiger partial charge in [0.1, 0.15) is 0 Å².